The molecule has 0 spiro atoms. The summed E-state index contributed by atoms with van der Waals surface area (Å²) in [6.07, 6.45) is -5.34. The summed E-state index contributed by atoms with van der Waals surface area (Å²) in [6, 6.07) is 0.714. The second kappa shape index (κ2) is 10.5. The molecule has 0 heterocycles. The van der Waals surface area contributed by atoms with Crippen molar-refractivity contribution in [2.75, 3.05) is 33.9 Å². The summed E-state index contributed by atoms with van der Waals surface area (Å²) in [5, 5.41) is 2.26. The Morgan fingerprint density at radius 2 is 1.83 bits per heavy atom. The smallest absolute Gasteiger partial charge is 0.410 e. The summed E-state index contributed by atoms with van der Waals surface area (Å²) in [7, 11) is 2.45. The lowest BCUT2D eigenvalue weighted by molar-refractivity contribution is -0.162. The third-order valence-electron chi connectivity index (χ3n) is 3.69. The quantitative estimate of drug-likeness (QED) is 0.495. The van der Waals surface area contributed by atoms with Gasteiger partial charge in [0.2, 0.25) is 0 Å². The number of benzene rings is 1. The lowest BCUT2D eigenvalue weighted by Gasteiger charge is -2.26. The van der Waals surface area contributed by atoms with Gasteiger partial charge in [0, 0.05) is 20.1 Å². The molecular weight excluding hydrogens is 412 g/mol. The fourth-order valence-corrected chi connectivity index (χ4v) is 2.18. The van der Waals surface area contributed by atoms with Gasteiger partial charge in [-0.25, -0.2) is 14.0 Å². The molecule has 11 heteroatoms. The van der Waals surface area contributed by atoms with Crippen LogP contribution in [0.5, 0.6) is 5.75 Å². The minimum absolute atomic E-state index is 0.0501. The number of rotatable bonds is 8. The number of halogens is 4. The third-order valence-corrected chi connectivity index (χ3v) is 3.69. The van der Waals surface area contributed by atoms with Crippen molar-refractivity contribution in [2.24, 2.45) is 0 Å². The molecule has 0 fully saturated rings. The summed E-state index contributed by atoms with van der Waals surface area (Å²) in [6.45, 7) is 3.89. The Morgan fingerprint density at radius 1 is 1.20 bits per heavy atom. The van der Waals surface area contributed by atoms with Crippen LogP contribution in [0.25, 0.3) is 0 Å². The van der Waals surface area contributed by atoms with Gasteiger partial charge < -0.3 is 24.4 Å². The van der Waals surface area contributed by atoms with Crippen LogP contribution in [0.2, 0.25) is 0 Å². The van der Waals surface area contributed by atoms with Crippen molar-refractivity contribution in [1.82, 2.24) is 10.2 Å². The highest BCUT2D eigenvalue weighted by molar-refractivity contribution is 5.92. The summed E-state index contributed by atoms with van der Waals surface area (Å²) in [5.41, 5.74) is -1.06. The van der Waals surface area contributed by atoms with E-state index in [0.717, 1.165) is 30.2 Å². The molecule has 0 saturated heterocycles. The highest BCUT2D eigenvalue weighted by Gasteiger charge is 2.40. The minimum Gasteiger partial charge on any atom is -0.491 e. The molecule has 0 radical (unpaired) electrons. The van der Waals surface area contributed by atoms with E-state index in [1.54, 1.807) is 20.8 Å². The number of methoxy groups -OCH3 is 1. The highest BCUT2D eigenvalue weighted by Crippen LogP contribution is 2.24. The minimum atomic E-state index is -4.67. The van der Waals surface area contributed by atoms with Crippen molar-refractivity contribution >= 4 is 12.1 Å². The summed E-state index contributed by atoms with van der Waals surface area (Å²) < 4.78 is 68.0. The van der Waals surface area contributed by atoms with Gasteiger partial charge in [-0.1, -0.05) is 0 Å². The van der Waals surface area contributed by atoms with E-state index in [2.05, 4.69) is 10.1 Å². The van der Waals surface area contributed by atoms with E-state index in [1.807, 2.05) is 0 Å². The number of nitrogens with zero attached hydrogens (tertiary/aromatic N) is 1. The monoisotopic (exact) mass is 438 g/mol. The van der Waals surface area contributed by atoms with Gasteiger partial charge in [0.25, 0.3) is 0 Å². The molecule has 1 rings (SSSR count). The Balaban J connectivity index is 2.73. The maximum absolute atomic E-state index is 13.3. The predicted octanol–water partition coefficient (Wildman–Crippen LogP) is 3.38. The van der Waals surface area contributed by atoms with E-state index < -0.39 is 42.3 Å². The normalized spacial score (nSPS) is 12.8. The second-order valence-electron chi connectivity index (χ2n) is 7.39. The van der Waals surface area contributed by atoms with Crippen LogP contribution in [0.3, 0.4) is 0 Å². The third kappa shape index (κ3) is 8.44. The molecule has 30 heavy (non-hydrogen) atoms. The predicted molar refractivity (Wildman–Crippen MR) is 99.9 cm³/mol. The van der Waals surface area contributed by atoms with E-state index in [1.165, 1.54) is 7.05 Å². The van der Waals surface area contributed by atoms with Crippen LogP contribution in [0.4, 0.5) is 22.4 Å². The molecule has 0 bridgehead atoms. The van der Waals surface area contributed by atoms with Gasteiger partial charge in [0.05, 0.1) is 7.11 Å². The molecule has 0 aliphatic rings. The van der Waals surface area contributed by atoms with Crippen LogP contribution in [0.15, 0.2) is 18.2 Å². The number of nitrogens with one attached hydrogen (secondary N) is 1. The van der Waals surface area contributed by atoms with Gasteiger partial charge in [-0.2, -0.15) is 13.2 Å². The van der Waals surface area contributed by atoms with Crippen LogP contribution < -0.4 is 10.1 Å². The Kier molecular flexibility index (Phi) is 8.89. The Hall–Kier alpha value is -2.56. The molecule has 1 atom stereocenters. The van der Waals surface area contributed by atoms with E-state index in [4.69, 9.17) is 9.47 Å². The van der Waals surface area contributed by atoms with Gasteiger partial charge in [0.15, 0.2) is 0 Å². The largest absolute Gasteiger partial charge is 0.491 e. The first-order valence-corrected chi connectivity index (χ1v) is 8.99. The van der Waals surface area contributed by atoms with Crippen molar-refractivity contribution in [3.63, 3.8) is 0 Å². The van der Waals surface area contributed by atoms with E-state index in [0.29, 0.717) is 0 Å². The fourth-order valence-electron chi connectivity index (χ4n) is 2.18. The summed E-state index contributed by atoms with van der Waals surface area (Å²) in [4.78, 5) is 24.7. The number of amides is 1. The fraction of sp³-hybridized carbons (Fsp3) is 0.579. The Morgan fingerprint density at radius 3 is 2.37 bits per heavy atom. The molecule has 1 unspecified atom stereocenters. The first-order chi connectivity index (χ1) is 13.7. The van der Waals surface area contributed by atoms with Crippen LogP contribution in [0, 0.1) is 5.82 Å². The number of carbonyl (C=O) groups is 2. The van der Waals surface area contributed by atoms with Crippen molar-refractivity contribution in [3.8, 4) is 5.75 Å². The number of ether oxygens (including phenoxy) is 3. The maximum Gasteiger partial charge on any atom is 0.410 e. The van der Waals surface area contributed by atoms with Gasteiger partial charge >= 0.3 is 18.2 Å². The Bertz CT molecular complexity index is 735. The maximum atomic E-state index is 13.3. The zero-order valence-corrected chi connectivity index (χ0v) is 17.4. The van der Waals surface area contributed by atoms with Crippen molar-refractivity contribution in [1.29, 1.82) is 0 Å². The molecule has 1 amide bonds. The summed E-state index contributed by atoms with van der Waals surface area (Å²) in [5.74, 6) is -1.95. The standard InChI is InChI=1S/C19H26F4N2O5/c1-18(2,3)30-17(27)25(4)9-8-24-15(19(21,22)23)11-29-14-7-6-12(20)10-13(14)16(26)28-5/h6-7,10,15,24H,8-9,11H2,1-5H3. The number of carbonyl (C=O) groups excluding carboxylic acids is 2. The Labute approximate surface area is 172 Å². The van der Waals surface area contributed by atoms with Crippen LogP contribution in [0.1, 0.15) is 31.1 Å². The molecule has 1 aromatic rings. The van der Waals surface area contributed by atoms with Crippen molar-refractivity contribution in [3.05, 3.63) is 29.6 Å². The van der Waals surface area contributed by atoms with Gasteiger partial charge in [-0.05, 0) is 39.0 Å². The molecule has 7 nitrogen and oxygen atoms in total. The number of likely N-dealkylation sites (N-methyl/N-ethyl adjacent to an activating group) is 1. The number of alkyl halides is 3. The van der Waals surface area contributed by atoms with Gasteiger partial charge in [0.1, 0.15) is 35.4 Å². The molecule has 0 aliphatic heterocycles. The van der Waals surface area contributed by atoms with E-state index in [-0.39, 0.29) is 24.4 Å². The average Bonchev–Trinajstić information content (AvgIpc) is 2.61. The molecule has 1 aromatic carbocycles. The zero-order valence-electron chi connectivity index (χ0n) is 17.4. The first-order valence-electron chi connectivity index (χ1n) is 8.99. The van der Waals surface area contributed by atoms with E-state index in [9.17, 15) is 27.2 Å². The van der Waals surface area contributed by atoms with Crippen LogP contribution in [-0.4, -0.2) is 68.6 Å². The zero-order chi connectivity index (χ0) is 23.1. The summed E-state index contributed by atoms with van der Waals surface area (Å²) >= 11 is 0. The second-order valence-corrected chi connectivity index (χ2v) is 7.39. The number of esters is 1. The van der Waals surface area contributed by atoms with Crippen LogP contribution in [-0.2, 0) is 9.47 Å². The topological polar surface area (TPSA) is 77.1 Å². The first kappa shape index (κ1) is 25.5. The molecule has 0 saturated carbocycles. The highest BCUT2D eigenvalue weighted by atomic mass is 19.4. The van der Waals surface area contributed by atoms with E-state index >= 15 is 0 Å². The lowest BCUT2D eigenvalue weighted by atomic mass is 10.2. The molecule has 0 aliphatic carbocycles. The van der Waals surface area contributed by atoms with Crippen molar-refractivity contribution in [2.45, 2.75) is 38.6 Å². The molecule has 0 aromatic heterocycles. The molecule has 1 N–H and O–H groups in total. The lowest BCUT2D eigenvalue weighted by Crippen LogP contribution is -2.49. The number of hydrogen-bond donors (Lipinski definition) is 1. The van der Waals surface area contributed by atoms with Crippen LogP contribution >= 0.6 is 0 Å². The molecular formula is C19H26F4N2O5. The van der Waals surface area contributed by atoms with Gasteiger partial charge in [-0.3, -0.25) is 0 Å². The van der Waals surface area contributed by atoms with Gasteiger partial charge in [-0.15, -0.1) is 0 Å². The molecule has 170 valence electrons. The SMILES string of the molecule is COC(=O)c1cc(F)ccc1OCC(NCCN(C)C(=O)OC(C)(C)C)C(F)(F)F. The number of hydrogen-bond acceptors (Lipinski definition) is 6. The van der Waals surface area contributed by atoms with Crippen molar-refractivity contribution < 1.29 is 41.4 Å². The average molecular weight is 438 g/mol.